The van der Waals surface area contributed by atoms with Crippen LogP contribution in [0.1, 0.15) is 10.4 Å². The largest absolute Gasteiger partial charge is 0.350 e. The van der Waals surface area contributed by atoms with Crippen LogP contribution in [0.5, 0.6) is 0 Å². The minimum Gasteiger partial charge on any atom is -0.350 e. The topological polar surface area (TPSA) is 95.6 Å². The van der Waals surface area contributed by atoms with Crippen molar-refractivity contribution in [3.63, 3.8) is 0 Å². The van der Waals surface area contributed by atoms with E-state index in [0.717, 1.165) is 10.4 Å². The minimum atomic E-state index is -3.82. The molecule has 0 fully saturated rings. The molecule has 0 saturated carbocycles. The number of sulfonamides is 1. The Hall–Kier alpha value is -3.01. The standard InChI is InChI=1S/C22H23N3O4S2/c26-21(23-14-18-8-3-1-4-9-18)17-25(16-19-10-7-13-30-19)22(27)15-24-31(28,29)20-11-5-2-6-12-20/h1-13,24H,14-17H2,(H,23,26). The molecule has 0 radical (unpaired) electrons. The first-order valence-corrected chi connectivity index (χ1v) is 12.0. The van der Waals surface area contributed by atoms with Crippen LogP contribution in [0.25, 0.3) is 0 Å². The lowest BCUT2D eigenvalue weighted by molar-refractivity contribution is -0.135. The van der Waals surface area contributed by atoms with Gasteiger partial charge in [-0.3, -0.25) is 9.59 Å². The van der Waals surface area contributed by atoms with Crippen molar-refractivity contribution in [1.82, 2.24) is 14.9 Å². The summed E-state index contributed by atoms with van der Waals surface area (Å²) in [6.45, 7) is -0.0329. The van der Waals surface area contributed by atoms with Gasteiger partial charge in [0.2, 0.25) is 21.8 Å². The van der Waals surface area contributed by atoms with Crippen molar-refractivity contribution in [1.29, 1.82) is 0 Å². The molecule has 0 spiro atoms. The predicted octanol–water partition coefficient (Wildman–Crippen LogP) is 2.37. The highest BCUT2D eigenvalue weighted by Crippen LogP contribution is 2.12. The van der Waals surface area contributed by atoms with Crippen molar-refractivity contribution >= 4 is 33.2 Å². The fourth-order valence-corrected chi connectivity index (χ4v) is 4.52. The van der Waals surface area contributed by atoms with E-state index in [2.05, 4.69) is 10.0 Å². The van der Waals surface area contributed by atoms with Gasteiger partial charge in [0.15, 0.2) is 0 Å². The first-order chi connectivity index (χ1) is 14.9. The van der Waals surface area contributed by atoms with Crippen LogP contribution in [0.2, 0.25) is 0 Å². The number of thiophene rings is 1. The summed E-state index contributed by atoms with van der Waals surface area (Å²) in [5.41, 5.74) is 0.947. The van der Waals surface area contributed by atoms with E-state index < -0.39 is 22.5 Å². The van der Waals surface area contributed by atoms with Crippen LogP contribution >= 0.6 is 11.3 Å². The first-order valence-electron chi connectivity index (χ1n) is 9.59. The number of nitrogens with one attached hydrogen (secondary N) is 2. The van der Waals surface area contributed by atoms with Crippen LogP contribution in [0.4, 0.5) is 0 Å². The molecule has 1 heterocycles. The summed E-state index contributed by atoms with van der Waals surface area (Å²) in [5, 5.41) is 4.67. The maximum atomic E-state index is 12.8. The van der Waals surface area contributed by atoms with Gasteiger partial charge in [0.05, 0.1) is 24.5 Å². The molecule has 2 aromatic carbocycles. The zero-order valence-corrected chi connectivity index (χ0v) is 18.4. The number of amides is 2. The highest BCUT2D eigenvalue weighted by atomic mass is 32.2. The summed E-state index contributed by atoms with van der Waals surface area (Å²) in [6, 6.07) is 21.0. The van der Waals surface area contributed by atoms with Crippen molar-refractivity contribution in [2.24, 2.45) is 0 Å². The molecule has 1 aromatic heterocycles. The van der Waals surface area contributed by atoms with Gasteiger partial charge in [-0.15, -0.1) is 11.3 Å². The van der Waals surface area contributed by atoms with E-state index in [1.807, 2.05) is 47.8 Å². The number of hydrogen-bond acceptors (Lipinski definition) is 5. The molecule has 31 heavy (non-hydrogen) atoms. The number of carbonyl (C=O) groups excluding carboxylic acids is 2. The molecule has 9 heteroatoms. The maximum absolute atomic E-state index is 12.8. The Labute approximate surface area is 185 Å². The monoisotopic (exact) mass is 457 g/mol. The number of rotatable bonds is 10. The number of hydrogen-bond donors (Lipinski definition) is 2. The lowest BCUT2D eigenvalue weighted by atomic mass is 10.2. The normalized spacial score (nSPS) is 11.1. The van der Waals surface area contributed by atoms with Crippen LogP contribution in [0.15, 0.2) is 83.1 Å². The summed E-state index contributed by atoms with van der Waals surface area (Å²) in [7, 11) is -3.82. The second kappa shape index (κ2) is 10.9. The molecule has 0 aliphatic rings. The average molecular weight is 458 g/mol. The summed E-state index contributed by atoms with van der Waals surface area (Å²) in [6.07, 6.45) is 0. The Balaban J connectivity index is 1.62. The van der Waals surface area contributed by atoms with Gasteiger partial charge in [0.25, 0.3) is 0 Å². The zero-order valence-electron chi connectivity index (χ0n) is 16.7. The Kier molecular flexibility index (Phi) is 7.94. The van der Waals surface area contributed by atoms with Gasteiger partial charge in [-0.2, -0.15) is 0 Å². The molecule has 2 N–H and O–H groups in total. The van der Waals surface area contributed by atoms with Crippen LogP contribution in [-0.2, 0) is 32.7 Å². The van der Waals surface area contributed by atoms with Gasteiger partial charge in [0.1, 0.15) is 0 Å². The van der Waals surface area contributed by atoms with Gasteiger partial charge >= 0.3 is 0 Å². The molecule has 0 saturated heterocycles. The third-order valence-corrected chi connectivity index (χ3v) is 6.69. The summed E-state index contributed by atoms with van der Waals surface area (Å²) < 4.78 is 27.1. The lowest BCUT2D eigenvalue weighted by Gasteiger charge is -2.22. The zero-order chi connectivity index (χ0) is 22.1. The van der Waals surface area contributed by atoms with Crippen molar-refractivity contribution in [2.75, 3.05) is 13.1 Å². The van der Waals surface area contributed by atoms with E-state index in [4.69, 9.17) is 0 Å². The summed E-state index contributed by atoms with van der Waals surface area (Å²) in [5.74, 6) is -0.803. The van der Waals surface area contributed by atoms with Crippen LogP contribution in [0, 0.1) is 0 Å². The quantitative estimate of drug-likeness (QED) is 0.489. The molecule has 162 valence electrons. The first kappa shape index (κ1) is 22.7. The van der Waals surface area contributed by atoms with Crippen molar-refractivity contribution in [2.45, 2.75) is 18.0 Å². The Bertz CT molecular complexity index is 1090. The van der Waals surface area contributed by atoms with Gasteiger partial charge in [-0.05, 0) is 29.1 Å². The van der Waals surface area contributed by atoms with Crippen LogP contribution < -0.4 is 10.0 Å². The fraction of sp³-hybridized carbons (Fsp3) is 0.182. The number of benzene rings is 2. The minimum absolute atomic E-state index is 0.0770. The van der Waals surface area contributed by atoms with Crippen LogP contribution in [0.3, 0.4) is 0 Å². The third-order valence-electron chi connectivity index (χ3n) is 4.41. The van der Waals surface area contributed by atoms with E-state index in [1.165, 1.54) is 28.4 Å². The van der Waals surface area contributed by atoms with Gasteiger partial charge in [0, 0.05) is 11.4 Å². The van der Waals surface area contributed by atoms with Crippen molar-refractivity contribution < 1.29 is 18.0 Å². The average Bonchev–Trinajstić information content (AvgIpc) is 3.30. The summed E-state index contributed by atoms with van der Waals surface area (Å²) in [4.78, 5) is 27.5. The molecule has 0 unspecified atom stereocenters. The maximum Gasteiger partial charge on any atom is 0.241 e. The smallest absolute Gasteiger partial charge is 0.241 e. The number of carbonyl (C=O) groups is 2. The Morgan fingerprint density at radius 1 is 0.903 bits per heavy atom. The van der Waals surface area contributed by atoms with E-state index >= 15 is 0 Å². The van der Waals surface area contributed by atoms with Gasteiger partial charge in [-0.25, -0.2) is 13.1 Å². The second-order valence-electron chi connectivity index (χ2n) is 6.73. The van der Waals surface area contributed by atoms with Gasteiger partial charge < -0.3 is 10.2 Å². The number of nitrogens with zero attached hydrogens (tertiary/aromatic N) is 1. The van der Waals surface area contributed by atoms with Crippen molar-refractivity contribution in [3.8, 4) is 0 Å². The highest BCUT2D eigenvalue weighted by molar-refractivity contribution is 7.89. The SMILES string of the molecule is O=C(CN(Cc1cccs1)C(=O)CNS(=O)(=O)c1ccccc1)NCc1ccccc1. The fourth-order valence-electron chi connectivity index (χ4n) is 2.80. The van der Waals surface area contributed by atoms with Gasteiger partial charge in [-0.1, -0.05) is 54.6 Å². The summed E-state index contributed by atoms with van der Waals surface area (Å²) >= 11 is 1.46. The molecule has 3 rings (SSSR count). The molecular weight excluding hydrogens is 434 g/mol. The molecule has 3 aromatic rings. The van der Waals surface area contributed by atoms with Crippen LogP contribution in [-0.4, -0.2) is 38.2 Å². The second-order valence-corrected chi connectivity index (χ2v) is 9.53. The predicted molar refractivity (Wildman–Crippen MR) is 120 cm³/mol. The van der Waals surface area contributed by atoms with E-state index in [1.54, 1.807) is 18.2 Å². The molecule has 0 atom stereocenters. The Morgan fingerprint density at radius 2 is 1.58 bits per heavy atom. The molecule has 0 bridgehead atoms. The highest BCUT2D eigenvalue weighted by Gasteiger charge is 2.21. The molecule has 7 nitrogen and oxygen atoms in total. The molecule has 0 aliphatic carbocycles. The van der Waals surface area contributed by atoms with E-state index in [9.17, 15) is 18.0 Å². The van der Waals surface area contributed by atoms with E-state index in [0.29, 0.717) is 6.54 Å². The molecule has 2 amide bonds. The lowest BCUT2D eigenvalue weighted by Crippen LogP contribution is -2.44. The van der Waals surface area contributed by atoms with Crippen molar-refractivity contribution in [3.05, 3.63) is 88.6 Å². The third kappa shape index (κ3) is 7.02. The van der Waals surface area contributed by atoms with E-state index in [-0.39, 0.29) is 23.9 Å². The molecule has 0 aliphatic heterocycles. The molecular formula is C22H23N3O4S2. The Morgan fingerprint density at radius 3 is 2.23 bits per heavy atom.